The van der Waals surface area contributed by atoms with Crippen molar-refractivity contribution in [2.24, 2.45) is 10.4 Å². The Morgan fingerprint density at radius 1 is 0.962 bits per heavy atom. The Morgan fingerprint density at radius 2 is 1.73 bits per heavy atom. The molecular weight excluding hydrogens is 322 g/mol. The van der Waals surface area contributed by atoms with Gasteiger partial charge in [-0.3, -0.25) is 19.9 Å². The molecule has 132 valence electrons. The molecule has 2 aromatic heterocycles. The number of hydrogen-bond acceptors (Lipinski definition) is 5. The molecule has 0 aliphatic carbocycles. The highest BCUT2D eigenvalue weighted by Crippen LogP contribution is 2.38. The fourth-order valence-electron chi connectivity index (χ4n) is 3.29. The van der Waals surface area contributed by atoms with Gasteiger partial charge < -0.3 is 5.32 Å². The molecule has 5 nitrogen and oxygen atoms in total. The minimum Gasteiger partial charge on any atom is -0.362 e. The highest BCUT2D eigenvalue weighted by atomic mass is 15.2. The van der Waals surface area contributed by atoms with Crippen LogP contribution in [0, 0.1) is 12.3 Å². The van der Waals surface area contributed by atoms with Gasteiger partial charge in [-0.1, -0.05) is 32.9 Å². The highest BCUT2D eigenvalue weighted by Gasteiger charge is 2.36. The molecule has 3 aromatic rings. The van der Waals surface area contributed by atoms with E-state index < -0.39 is 0 Å². The summed E-state index contributed by atoms with van der Waals surface area (Å²) in [5, 5.41) is 3.62. The molecule has 1 aliphatic rings. The summed E-state index contributed by atoms with van der Waals surface area (Å²) in [4.78, 5) is 18.6. The third kappa shape index (κ3) is 3.05. The molecule has 2 unspecified atom stereocenters. The third-order valence-corrected chi connectivity index (χ3v) is 4.65. The molecule has 0 amide bonds. The van der Waals surface area contributed by atoms with Crippen molar-refractivity contribution in [2.75, 3.05) is 0 Å². The molecule has 1 N–H and O–H groups in total. The van der Waals surface area contributed by atoms with Crippen LogP contribution in [0.4, 0.5) is 0 Å². The Labute approximate surface area is 153 Å². The summed E-state index contributed by atoms with van der Waals surface area (Å²) in [6.07, 6.45) is 3.44. The van der Waals surface area contributed by atoms with Gasteiger partial charge in [-0.15, -0.1) is 0 Å². The smallest absolute Gasteiger partial charge is 0.103 e. The van der Waals surface area contributed by atoms with E-state index in [1.54, 1.807) is 12.4 Å². The van der Waals surface area contributed by atoms with E-state index in [9.17, 15) is 0 Å². The average Bonchev–Trinajstić information content (AvgIpc) is 3.07. The van der Waals surface area contributed by atoms with Crippen molar-refractivity contribution in [3.05, 3.63) is 65.7 Å². The van der Waals surface area contributed by atoms with E-state index in [0.29, 0.717) is 0 Å². The molecule has 3 heterocycles. The zero-order valence-corrected chi connectivity index (χ0v) is 15.6. The lowest BCUT2D eigenvalue weighted by Gasteiger charge is -2.22. The maximum atomic E-state index is 5.04. The lowest BCUT2D eigenvalue weighted by molar-refractivity contribution is 0.534. The number of pyridine rings is 1. The topological polar surface area (TPSA) is 63.1 Å². The van der Waals surface area contributed by atoms with Crippen molar-refractivity contribution in [2.45, 2.75) is 39.8 Å². The van der Waals surface area contributed by atoms with Gasteiger partial charge in [0.15, 0.2) is 0 Å². The van der Waals surface area contributed by atoms with Crippen LogP contribution < -0.4 is 5.32 Å². The van der Waals surface area contributed by atoms with E-state index >= 15 is 0 Å². The largest absolute Gasteiger partial charge is 0.362 e. The maximum absolute atomic E-state index is 5.04. The van der Waals surface area contributed by atoms with Gasteiger partial charge in [0.05, 0.1) is 22.8 Å². The molecule has 4 rings (SSSR count). The van der Waals surface area contributed by atoms with E-state index in [2.05, 4.69) is 60.3 Å². The van der Waals surface area contributed by atoms with Crippen molar-refractivity contribution in [3.63, 3.8) is 0 Å². The summed E-state index contributed by atoms with van der Waals surface area (Å²) < 4.78 is 0. The Morgan fingerprint density at radius 3 is 2.46 bits per heavy atom. The minimum absolute atomic E-state index is 0.0123. The van der Waals surface area contributed by atoms with Crippen molar-refractivity contribution in [1.82, 2.24) is 20.3 Å². The predicted molar refractivity (Wildman–Crippen MR) is 104 cm³/mol. The zero-order valence-electron chi connectivity index (χ0n) is 15.6. The number of rotatable bonds is 2. The number of nitrogens with zero attached hydrogens (tertiary/aromatic N) is 4. The van der Waals surface area contributed by atoms with Crippen LogP contribution in [0.3, 0.4) is 0 Å². The molecule has 0 bridgehead atoms. The van der Waals surface area contributed by atoms with Crippen molar-refractivity contribution >= 4 is 16.9 Å². The molecule has 2 atom stereocenters. The first-order valence-electron chi connectivity index (χ1n) is 8.91. The molecule has 1 aromatic carbocycles. The van der Waals surface area contributed by atoms with Gasteiger partial charge in [0.1, 0.15) is 11.9 Å². The van der Waals surface area contributed by atoms with Crippen molar-refractivity contribution in [3.8, 4) is 0 Å². The van der Waals surface area contributed by atoms with Gasteiger partial charge in [0, 0.05) is 23.5 Å². The minimum atomic E-state index is -0.0481. The van der Waals surface area contributed by atoms with Gasteiger partial charge in [-0.05, 0) is 36.8 Å². The molecule has 0 spiro atoms. The maximum Gasteiger partial charge on any atom is 0.103 e. The summed E-state index contributed by atoms with van der Waals surface area (Å²) in [5.41, 5.74) is 4.88. The lowest BCUT2D eigenvalue weighted by Crippen LogP contribution is -2.33. The average molecular weight is 345 g/mol. The number of aliphatic imine (C=N–C) groups is 1. The number of nitrogens with one attached hydrogen (secondary N) is 1. The van der Waals surface area contributed by atoms with Crippen LogP contribution in [0.5, 0.6) is 0 Å². The molecule has 5 heteroatoms. The second kappa shape index (κ2) is 6.16. The molecule has 0 radical (unpaired) electrons. The fourth-order valence-corrected chi connectivity index (χ4v) is 3.29. The normalized spacial score (nSPS) is 20.1. The first-order valence-corrected chi connectivity index (χ1v) is 8.91. The monoisotopic (exact) mass is 345 g/mol. The van der Waals surface area contributed by atoms with Gasteiger partial charge >= 0.3 is 0 Å². The fraction of sp³-hybridized carbons (Fsp3) is 0.333. The second-order valence-corrected chi connectivity index (χ2v) is 7.80. The summed E-state index contributed by atoms with van der Waals surface area (Å²) in [5.74, 6) is 1.01. The third-order valence-electron chi connectivity index (χ3n) is 4.65. The molecular formula is C21H23N5. The molecule has 0 saturated heterocycles. The van der Waals surface area contributed by atoms with Crippen LogP contribution in [0.1, 0.15) is 49.8 Å². The van der Waals surface area contributed by atoms with Gasteiger partial charge in [-0.25, -0.2) is 0 Å². The Balaban J connectivity index is 1.81. The Kier molecular flexibility index (Phi) is 3.94. The Hall–Kier alpha value is -2.82. The molecule has 0 fully saturated rings. The Bertz CT molecular complexity index is 987. The number of aryl methyl sites for hydroxylation is 1. The summed E-state index contributed by atoms with van der Waals surface area (Å²) in [7, 11) is 0. The summed E-state index contributed by atoms with van der Waals surface area (Å²) in [6, 6.07) is 12.3. The SMILES string of the molecule is Cc1cccc(C2NC(C(C)(C)C)=NC2c2ccc3nccnc3c2)n1. The molecule has 0 saturated carbocycles. The van der Waals surface area contributed by atoms with E-state index in [0.717, 1.165) is 33.8 Å². The number of amidine groups is 1. The van der Waals surface area contributed by atoms with Crippen LogP contribution in [0.2, 0.25) is 0 Å². The van der Waals surface area contributed by atoms with Crippen LogP contribution >= 0.6 is 0 Å². The first-order chi connectivity index (χ1) is 12.4. The quantitative estimate of drug-likeness (QED) is 0.757. The van der Waals surface area contributed by atoms with E-state index in [-0.39, 0.29) is 17.5 Å². The number of hydrogen-bond donors (Lipinski definition) is 1. The summed E-state index contributed by atoms with van der Waals surface area (Å²) >= 11 is 0. The first kappa shape index (κ1) is 16.6. The number of benzene rings is 1. The zero-order chi connectivity index (χ0) is 18.3. The van der Waals surface area contributed by atoms with Crippen molar-refractivity contribution < 1.29 is 0 Å². The molecule has 1 aliphatic heterocycles. The van der Waals surface area contributed by atoms with Gasteiger partial charge in [-0.2, -0.15) is 0 Å². The number of fused-ring (bicyclic) bond motifs is 1. The molecule has 26 heavy (non-hydrogen) atoms. The van der Waals surface area contributed by atoms with E-state index in [1.165, 1.54) is 0 Å². The predicted octanol–water partition coefficient (Wildman–Crippen LogP) is 4.16. The van der Waals surface area contributed by atoms with Crippen LogP contribution in [-0.4, -0.2) is 20.8 Å². The van der Waals surface area contributed by atoms with E-state index in [1.807, 2.05) is 19.1 Å². The summed E-state index contributed by atoms with van der Waals surface area (Å²) in [6.45, 7) is 8.54. The van der Waals surface area contributed by atoms with Crippen LogP contribution in [0.15, 0.2) is 53.8 Å². The van der Waals surface area contributed by atoms with Gasteiger partial charge in [0.2, 0.25) is 0 Å². The highest BCUT2D eigenvalue weighted by molar-refractivity contribution is 5.89. The van der Waals surface area contributed by atoms with E-state index in [4.69, 9.17) is 9.98 Å². The van der Waals surface area contributed by atoms with Gasteiger partial charge in [0.25, 0.3) is 0 Å². The van der Waals surface area contributed by atoms with Crippen molar-refractivity contribution in [1.29, 1.82) is 0 Å². The second-order valence-electron chi connectivity index (χ2n) is 7.80. The standard InChI is InChI=1S/C21H23N5/c1-13-6-5-7-16(24-13)19-18(25-20(26-19)21(2,3)4)14-8-9-15-17(12-14)23-11-10-22-15/h5-12,18-19H,1-4H3,(H,25,26). The van der Waals surface area contributed by atoms with Crippen LogP contribution in [0.25, 0.3) is 11.0 Å². The van der Waals surface area contributed by atoms with Crippen LogP contribution in [-0.2, 0) is 0 Å². The number of aromatic nitrogens is 3. The lowest BCUT2D eigenvalue weighted by atomic mass is 9.95.